The van der Waals surface area contributed by atoms with Gasteiger partial charge in [0.1, 0.15) is 21.8 Å². The molecule has 198 valence electrons. The quantitative estimate of drug-likeness (QED) is 0.215. The van der Waals surface area contributed by atoms with E-state index in [1.807, 2.05) is 24.3 Å². The Morgan fingerprint density at radius 3 is 2.17 bits per heavy atom. The molecule has 0 radical (unpaired) electrons. The molecule has 0 amide bonds. The minimum atomic E-state index is 0.838. The van der Waals surface area contributed by atoms with Crippen LogP contribution in [0.5, 0.6) is 0 Å². The summed E-state index contributed by atoms with van der Waals surface area (Å²) < 4.78 is 14.0. The lowest BCUT2D eigenvalue weighted by Crippen LogP contribution is -2.10. The van der Waals surface area contributed by atoms with Crippen LogP contribution in [0.4, 0.5) is 17.1 Å². The SMILES string of the molecule is c1ccc(-c2nc3c(ccc4oc5ccc(N(c6ccccc6)c6cccc7c6oc6ccccc67)cc5c43)s2)cc1. The third-order valence-electron chi connectivity index (χ3n) is 7.89. The van der Waals surface area contributed by atoms with Gasteiger partial charge in [-0.3, -0.25) is 0 Å². The molecule has 6 aromatic carbocycles. The summed E-state index contributed by atoms with van der Waals surface area (Å²) in [5.41, 5.74) is 8.54. The van der Waals surface area contributed by atoms with E-state index < -0.39 is 0 Å². The monoisotopic (exact) mass is 558 g/mol. The van der Waals surface area contributed by atoms with Crippen LogP contribution in [0.1, 0.15) is 0 Å². The number of thiazole rings is 1. The van der Waals surface area contributed by atoms with Crippen molar-refractivity contribution in [2.75, 3.05) is 4.90 Å². The molecule has 0 bridgehead atoms. The molecule has 9 aromatic rings. The lowest BCUT2D eigenvalue weighted by molar-refractivity contribution is 0.669. The molecule has 0 aliphatic rings. The van der Waals surface area contributed by atoms with Crippen LogP contribution in [0.15, 0.2) is 142 Å². The number of hydrogen-bond donors (Lipinski definition) is 0. The standard InChI is InChI=1S/C37H22N2O2S/c1-3-10-23(11-4-1)37-38-35-33(42-37)21-20-32-34(35)28-22-25(18-19-31(28)40-32)39(24-12-5-2-6-13-24)29-16-9-15-27-26-14-7-8-17-30(26)41-36(27)29/h1-22H. The van der Waals surface area contributed by atoms with Crippen LogP contribution >= 0.6 is 11.3 Å². The van der Waals surface area contributed by atoms with Crippen molar-refractivity contribution in [3.63, 3.8) is 0 Å². The summed E-state index contributed by atoms with van der Waals surface area (Å²) in [7, 11) is 0. The molecular weight excluding hydrogens is 536 g/mol. The van der Waals surface area contributed by atoms with Gasteiger partial charge in [0.05, 0.1) is 21.3 Å². The fourth-order valence-corrected chi connectivity index (χ4v) is 6.98. The van der Waals surface area contributed by atoms with E-state index in [0.29, 0.717) is 0 Å². The molecule has 0 unspecified atom stereocenters. The summed E-state index contributed by atoms with van der Waals surface area (Å²) in [5.74, 6) is 0. The number of nitrogens with zero attached hydrogens (tertiary/aromatic N) is 2. The highest BCUT2D eigenvalue weighted by Gasteiger charge is 2.21. The zero-order valence-corrected chi connectivity index (χ0v) is 23.1. The number of rotatable bonds is 4. The lowest BCUT2D eigenvalue weighted by Gasteiger charge is -2.25. The van der Waals surface area contributed by atoms with Crippen molar-refractivity contribution < 1.29 is 8.83 Å². The topological polar surface area (TPSA) is 42.4 Å². The highest BCUT2D eigenvalue weighted by Crippen LogP contribution is 2.45. The zero-order valence-electron chi connectivity index (χ0n) is 22.3. The fraction of sp³-hybridized carbons (Fsp3) is 0. The van der Waals surface area contributed by atoms with E-state index in [2.05, 4.69) is 114 Å². The largest absolute Gasteiger partial charge is 0.456 e. The zero-order chi connectivity index (χ0) is 27.6. The first-order valence-corrected chi connectivity index (χ1v) is 14.7. The molecule has 3 aromatic heterocycles. The van der Waals surface area contributed by atoms with Gasteiger partial charge in [-0.2, -0.15) is 0 Å². The normalized spacial score (nSPS) is 11.8. The third kappa shape index (κ3) is 3.51. The first kappa shape index (κ1) is 23.3. The summed E-state index contributed by atoms with van der Waals surface area (Å²) in [4.78, 5) is 7.38. The van der Waals surface area contributed by atoms with Gasteiger partial charge in [0.15, 0.2) is 5.58 Å². The fourth-order valence-electron chi connectivity index (χ4n) is 6.00. The highest BCUT2D eigenvalue weighted by molar-refractivity contribution is 7.21. The molecule has 0 aliphatic carbocycles. The van der Waals surface area contributed by atoms with Crippen molar-refractivity contribution >= 4 is 82.5 Å². The molecule has 0 spiro atoms. The predicted octanol–water partition coefficient (Wildman–Crippen LogP) is 11.2. The Morgan fingerprint density at radius 1 is 0.548 bits per heavy atom. The van der Waals surface area contributed by atoms with Crippen molar-refractivity contribution in [3.05, 3.63) is 133 Å². The number of para-hydroxylation sites is 3. The Balaban J connectivity index is 1.30. The van der Waals surface area contributed by atoms with Crippen LogP contribution in [0.25, 0.3) is 64.7 Å². The molecule has 5 heteroatoms. The predicted molar refractivity (Wildman–Crippen MR) is 174 cm³/mol. The Morgan fingerprint density at radius 2 is 1.29 bits per heavy atom. The van der Waals surface area contributed by atoms with E-state index in [1.165, 1.54) is 0 Å². The molecule has 3 heterocycles. The van der Waals surface area contributed by atoms with Gasteiger partial charge < -0.3 is 13.7 Å². The first-order valence-electron chi connectivity index (χ1n) is 13.9. The lowest BCUT2D eigenvalue weighted by atomic mass is 10.1. The number of benzene rings is 6. The van der Waals surface area contributed by atoms with Gasteiger partial charge >= 0.3 is 0 Å². The molecule has 9 rings (SSSR count). The summed E-state index contributed by atoms with van der Waals surface area (Å²) in [6, 6.07) is 45.9. The molecule has 0 saturated heterocycles. The minimum absolute atomic E-state index is 0.838. The molecule has 42 heavy (non-hydrogen) atoms. The van der Waals surface area contributed by atoms with Gasteiger partial charge in [0.25, 0.3) is 0 Å². The second-order valence-electron chi connectivity index (χ2n) is 10.4. The molecule has 0 N–H and O–H groups in total. The van der Waals surface area contributed by atoms with Crippen LogP contribution in [0, 0.1) is 0 Å². The Kier molecular flexibility index (Phi) is 5.03. The van der Waals surface area contributed by atoms with Crippen molar-refractivity contribution in [1.82, 2.24) is 4.98 Å². The van der Waals surface area contributed by atoms with Crippen molar-refractivity contribution in [2.45, 2.75) is 0 Å². The van der Waals surface area contributed by atoms with Crippen LogP contribution in [-0.4, -0.2) is 4.98 Å². The molecular formula is C37H22N2O2S. The molecule has 0 aliphatic heterocycles. The summed E-state index contributed by atoms with van der Waals surface area (Å²) in [6.45, 7) is 0. The summed E-state index contributed by atoms with van der Waals surface area (Å²) in [6.07, 6.45) is 0. The highest BCUT2D eigenvalue weighted by atomic mass is 32.1. The number of hydrogen-bond acceptors (Lipinski definition) is 5. The maximum Gasteiger partial charge on any atom is 0.159 e. The van der Waals surface area contributed by atoms with Gasteiger partial charge in [0, 0.05) is 33.1 Å². The molecule has 0 saturated carbocycles. The van der Waals surface area contributed by atoms with Crippen molar-refractivity contribution in [3.8, 4) is 10.6 Å². The van der Waals surface area contributed by atoms with Gasteiger partial charge in [0.2, 0.25) is 0 Å². The van der Waals surface area contributed by atoms with E-state index in [-0.39, 0.29) is 0 Å². The number of anilines is 3. The second kappa shape index (κ2) is 9.06. The van der Waals surface area contributed by atoms with Crippen LogP contribution < -0.4 is 4.90 Å². The van der Waals surface area contributed by atoms with Crippen LogP contribution in [0.3, 0.4) is 0 Å². The Labute approximate surface area is 244 Å². The van der Waals surface area contributed by atoms with Crippen LogP contribution in [0.2, 0.25) is 0 Å². The number of furan rings is 2. The second-order valence-corrected chi connectivity index (χ2v) is 11.4. The van der Waals surface area contributed by atoms with Crippen molar-refractivity contribution in [1.29, 1.82) is 0 Å². The smallest absolute Gasteiger partial charge is 0.159 e. The van der Waals surface area contributed by atoms with E-state index in [1.54, 1.807) is 11.3 Å². The van der Waals surface area contributed by atoms with Crippen LogP contribution in [-0.2, 0) is 0 Å². The Hall–Kier alpha value is -5.39. The van der Waals surface area contributed by atoms with Crippen molar-refractivity contribution in [2.24, 2.45) is 0 Å². The minimum Gasteiger partial charge on any atom is -0.456 e. The maximum absolute atomic E-state index is 6.48. The summed E-state index contributed by atoms with van der Waals surface area (Å²) >= 11 is 1.71. The van der Waals surface area contributed by atoms with E-state index in [9.17, 15) is 0 Å². The van der Waals surface area contributed by atoms with E-state index in [4.69, 9.17) is 13.8 Å². The van der Waals surface area contributed by atoms with Gasteiger partial charge in [-0.05, 0) is 54.6 Å². The maximum atomic E-state index is 6.48. The van der Waals surface area contributed by atoms with Gasteiger partial charge in [-0.25, -0.2) is 4.98 Å². The first-order chi connectivity index (χ1) is 20.8. The van der Waals surface area contributed by atoms with E-state index >= 15 is 0 Å². The number of aromatic nitrogens is 1. The van der Waals surface area contributed by atoms with E-state index in [0.717, 1.165) is 81.7 Å². The summed E-state index contributed by atoms with van der Waals surface area (Å²) in [5, 5.41) is 5.29. The average molecular weight is 559 g/mol. The molecule has 0 atom stereocenters. The molecule has 0 fully saturated rings. The van der Waals surface area contributed by atoms with Gasteiger partial charge in [-0.15, -0.1) is 11.3 Å². The molecule has 4 nitrogen and oxygen atoms in total. The third-order valence-corrected chi connectivity index (χ3v) is 8.96. The average Bonchev–Trinajstić information content (AvgIpc) is 3.75. The van der Waals surface area contributed by atoms with Gasteiger partial charge in [-0.1, -0.05) is 78.9 Å². The number of fused-ring (bicyclic) bond motifs is 8. The Bertz CT molecular complexity index is 2420.